The van der Waals surface area contributed by atoms with E-state index in [-0.39, 0.29) is 18.9 Å². The first-order valence-electron chi connectivity index (χ1n) is 4.45. The monoisotopic (exact) mass is 208 g/mol. The van der Waals surface area contributed by atoms with Gasteiger partial charge in [0.1, 0.15) is 12.1 Å². The molecule has 0 spiro atoms. The Bertz CT molecular complexity index is 270. The highest BCUT2D eigenvalue weighted by molar-refractivity contribution is 5.76. The van der Waals surface area contributed by atoms with E-state index < -0.39 is 11.7 Å². The van der Waals surface area contributed by atoms with Crippen molar-refractivity contribution < 1.29 is 17.9 Å². The summed E-state index contributed by atoms with van der Waals surface area (Å²) in [5.74, 6) is 0. The van der Waals surface area contributed by atoms with E-state index in [9.17, 15) is 13.2 Å². The van der Waals surface area contributed by atoms with Crippen molar-refractivity contribution in [3.63, 3.8) is 0 Å². The summed E-state index contributed by atoms with van der Waals surface area (Å²) in [6.45, 7) is 0.835. The molecule has 0 radical (unpaired) electrons. The molecular weight excluding hydrogens is 197 g/mol. The summed E-state index contributed by atoms with van der Waals surface area (Å²) in [6.07, 6.45) is -3.93. The van der Waals surface area contributed by atoms with E-state index in [0.717, 1.165) is 4.90 Å². The van der Waals surface area contributed by atoms with Gasteiger partial charge in [-0.1, -0.05) is 0 Å². The highest BCUT2D eigenvalue weighted by Crippen LogP contribution is 2.53. The van der Waals surface area contributed by atoms with Crippen LogP contribution in [0.2, 0.25) is 0 Å². The van der Waals surface area contributed by atoms with Gasteiger partial charge in [0.05, 0.1) is 6.54 Å². The molecule has 80 valence electrons. The Morgan fingerprint density at radius 3 is 2.43 bits per heavy atom. The average molecular weight is 208 g/mol. The molecule has 0 aromatic heterocycles. The lowest BCUT2D eigenvalue weighted by molar-refractivity contribution is -0.184. The molecule has 3 nitrogen and oxygen atoms in total. The van der Waals surface area contributed by atoms with Crippen LogP contribution in [0.1, 0.15) is 12.8 Å². The number of ether oxygens (including phenoxy) is 1. The van der Waals surface area contributed by atoms with Gasteiger partial charge >= 0.3 is 6.18 Å². The Hall–Kier alpha value is -0.940. The fraction of sp³-hybridized carbons (Fsp3) is 0.875. The lowest BCUT2D eigenvalue weighted by Gasteiger charge is -2.30. The maximum absolute atomic E-state index is 12.6. The number of hydrogen-bond acceptors (Lipinski definition) is 3. The number of aliphatic imine (C=N–C) groups is 1. The van der Waals surface area contributed by atoms with Crippen molar-refractivity contribution in [1.82, 2.24) is 4.90 Å². The van der Waals surface area contributed by atoms with Gasteiger partial charge in [-0.05, 0) is 12.8 Å². The normalized spacial score (nSPS) is 24.1. The summed E-state index contributed by atoms with van der Waals surface area (Å²) in [5, 5.41) is 0. The van der Waals surface area contributed by atoms with Crippen LogP contribution in [0.15, 0.2) is 4.99 Å². The number of hydrogen-bond donors (Lipinski definition) is 0. The van der Waals surface area contributed by atoms with Crippen LogP contribution in [0, 0.1) is 0 Å². The molecule has 1 aliphatic heterocycles. The highest BCUT2D eigenvalue weighted by Gasteiger charge is 2.67. The van der Waals surface area contributed by atoms with Gasteiger partial charge in [0, 0.05) is 7.05 Å². The molecule has 0 bridgehead atoms. The molecular formula is C8H11F3N2O. The smallest absolute Gasteiger partial charge is 0.411 e. The van der Waals surface area contributed by atoms with Crippen molar-refractivity contribution in [3.8, 4) is 0 Å². The van der Waals surface area contributed by atoms with Crippen LogP contribution in [0.25, 0.3) is 0 Å². The molecule has 0 saturated heterocycles. The molecule has 0 aromatic carbocycles. The van der Waals surface area contributed by atoms with Gasteiger partial charge < -0.3 is 9.64 Å². The maximum Gasteiger partial charge on any atom is 0.411 e. The molecule has 0 N–H and O–H groups in total. The van der Waals surface area contributed by atoms with E-state index in [2.05, 4.69) is 4.99 Å². The van der Waals surface area contributed by atoms with E-state index >= 15 is 0 Å². The first-order chi connectivity index (χ1) is 6.47. The molecule has 0 atom stereocenters. The topological polar surface area (TPSA) is 24.8 Å². The Morgan fingerprint density at radius 2 is 2.07 bits per heavy atom. The zero-order valence-electron chi connectivity index (χ0n) is 7.76. The molecule has 1 heterocycles. The molecule has 0 aromatic rings. The van der Waals surface area contributed by atoms with Crippen LogP contribution in [-0.4, -0.2) is 42.8 Å². The second-order valence-corrected chi connectivity index (χ2v) is 3.60. The summed E-state index contributed by atoms with van der Waals surface area (Å²) in [7, 11) is 1.39. The lowest BCUT2D eigenvalue weighted by atomic mass is 10.2. The molecule has 0 amide bonds. The molecule has 1 fully saturated rings. The SMILES string of the molecule is CN(C1=NCCO1)C1(C(F)(F)F)CC1. The van der Waals surface area contributed by atoms with Crippen LogP contribution in [0.5, 0.6) is 0 Å². The first-order valence-corrected chi connectivity index (χ1v) is 4.45. The summed E-state index contributed by atoms with van der Waals surface area (Å²) < 4.78 is 43.0. The van der Waals surface area contributed by atoms with E-state index in [1.165, 1.54) is 7.05 Å². The second kappa shape index (κ2) is 2.77. The minimum absolute atomic E-state index is 0.125. The van der Waals surface area contributed by atoms with Gasteiger partial charge in [-0.2, -0.15) is 13.2 Å². The summed E-state index contributed by atoms with van der Waals surface area (Å²) in [6, 6.07) is 0.125. The minimum Gasteiger partial charge on any atom is -0.463 e. The summed E-state index contributed by atoms with van der Waals surface area (Å²) >= 11 is 0. The van der Waals surface area contributed by atoms with Crippen molar-refractivity contribution in [2.24, 2.45) is 4.99 Å². The van der Waals surface area contributed by atoms with Gasteiger partial charge in [-0.15, -0.1) is 0 Å². The maximum atomic E-state index is 12.6. The third kappa shape index (κ3) is 1.24. The Kier molecular flexibility index (Phi) is 1.90. The van der Waals surface area contributed by atoms with Gasteiger partial charge in [0.15, 0.2) is 0 Å². The Labute approximate surface area is 79.5 Å². The van der Waals surface area contributed by atoms with Gasteiger partial charge in [0.2, 0.25) is 0 Å². The summed E-state index contributed by atoms with van der Waals surface area (Å²) in [5.41, 5.74) is -1.71. The van der Waals surface area contributed by atoms with Crippen LogP contribution < -0.4 is 0 Å². The third-order valence-electron chi connectivity index (χ3n) is 2.75. The molecule has 2 rings (SSSR count). The van der Waals surface area contributed by atoms with Crippen molar-refractivity contribution in [2.45, 2.75) is 24.6 Å². The van der Waals surface area contributed by atoms with Crippen molar-refractivity contribution in [3.05, 3.63) is 0 Å². The van der Waals surface area contributed by atoms with Crippen molar-refractivity contribution in [1.29, 1.82) is 0 Å². The number of halogens is 3. The van der Waals surface area contributed by atoms with Crippen molar-refractivity contribution in [2.75, 3.05) is 20.2 Å². The Morgan fingerprint density at radius 1 is 1.43 bits per heavy atom. The van der Waals surface area contributed by atoms with Crippen molar-refractivity contribution >= 4 is 6.02 Å². The van der Waals surface area contributed by atoms with Crippen LogP contribution in [0.3, 0.4) is 0 Å². The average Bonchev–Trinajstić information content (AvgIpc) is 2.73. The molecule has 2 aliphatic rings. The number of rotatable bonds is 1. The largest absolute Gasteiger partial charge is 0.463 e. The lowest BCUT2D eigenvalue weighted by Crippen LogP contribution is -2.49. The Balaban J connectivity index is 2.15. The van der Waals surface area contributed by atoms with Crippen LogP contribution >= 0.6 is 0 Å². The minimum atomic E-state index is -4.20. The van der Waals surface area contributed by atoms with E-state index in [1.54, 1.807) is 0 Å². The number of nitrogens with zero attached hydrogens (tertiary/aromatic N) is 2. The fourth-order valence-electron chi connectivity index (χ4n) is 1.64. The van der Waals surface area contributed by atoms with E-state index in [4.69, 9.17) is 4.74 Å². The quantitative estimate of drug-likeness (QED) is 0.650. The fourth-order valence-corrected chi connectivity index (χ4v) is 1.64. The predicted octanol–water partition coefficient (Wildman–Crippen LogP) is 1.40. The highest BCUT2D eigenvalue weighted by atomic mass is 19.4. The molecule has 6 heteroatoms. The zero-order chi connectivity index (χ0) is 10.4. The standard InChI is InChI=1S/C8H11F3N2O/c1-13(6-12-4-5-14-6)7(2-3-7)8(9,10)11/h2-5H2,1H3. The molecule has 0 unspecified atom stereocenters. The van der Waals surface area contributed by atoms with Crippen LogP contribution in [0.4, 0.5) is 13.2 Å². The van der Waals surface area contributed by atoms with Gasteiger partial charge in [-0.25, -0.2) is 4.99 Å². The predicted molar refractivity (Wildman–Crippen MR) is 44.0 cm³/mol. The van der Waals surface area contributed by atoms with E-state index in [1.807, 2.05) is 0 Å². The summed E-state index contributed by atoms with van der Waals surface area (Å²) in [4.78, 5) is 5.00. The first kappa shape index (κ1) is 9.61. The number of alkyl halides is 3. The number of amidine groups is 1. The van der Waals surface area contributed by atoms with Gasteiger partial charge in [-0.3, -0.25) is 0 Å². The molecule has 1 aliphatic carbocycles. The zero-order valence-corrected chi connectivity index (χ0v) is 7.76. The van der Waals surface area contributed by atoms with Crippen LogP contribution in [-0.2, 0) is 4.74 Å². The van der Waals surface area contributed by atoms with E-state index in [0.29, 0.717) is 13.2 Å². The molecule has 14 heavy (non-hydrogen) atoms. The van der Waals surface area contributed by atoms with Gasteiger partial charge in [0.25, 0.3) is 6.02 Å². The third-order valence-corrected chi connectivity index (χ3v) is 2.75. The molecule has 1 saturated carbocycles. The second-order valence-electron chi connectivity index (χ2n) is 3.60.